The van der Waals surface area contributed by atoms with E-state index in [1.54, 1.807) is 0 Å². The average Bonchev–Trinajstić information content (AvgIpc) is 2.91. The zero-order valence-corrected chi connectivity index (χ0v) is 8.88. The van der Waals surface area contributed by atoms with E-state index in [1.165, 1.54) is 19.4 Å². The van der Waals surface area contributed by atoms with Crippen molar-refractivity contribution in [3.63, 3.8) is 0 Å². The fourth-order valence-electron chi connectivity index (χ4n) is 2.39. The number of imidazole rings is 1. The minimum atomic E-state index is 0.520. The first kappa shape index (κ1) is 9.36. The molecule has 82 valence electrons. The molecule has 2 aliphatic heterocycles. The average molecular weight is 207 g/mol. The van der Waals surface area contributed by atoms with E-state index in [9.17, 15) is 0 Å². The van der Waals surface area contributed by atoms with Gasteiger partial charge in [-0.3, -0.25) is 4.90 Å². The molecule has 0 aromatic carbocycles. The van der Waals surface area contributed by atoms with Crippen molar-refractivity contribution in [2.45, 2.75) is 25.0 Å². The minimum Gasteiger partial charge on any atom is -0.372 e. The second-order valence-electron chi connectivity index (χ2n) is 4.52. The Morgan fingerprint density at radius 3 is 3.13 bits per heavy atom. The molecular weight excluding hydrogens is 190 g/mol. The van der Waals surface area contributed by atoms with Crippen LogP contribution in [0.25, 0.3) is 0 Å². The second-order valence-corrected chi connectivity index (χ2v) is 4.52. The van der Waals surface area contributed by atoms with Gasteiger partial charge in [-0.15, -0.1) is 0 Å². The molecule has 4 heteroatoms. The fourth-order valence-corrected chi connectivity index (χ4v) is 2.39. The number of nitrogens with zero attached hydrogens (tertiary/aromatic N) is 3. The van der Waals surface area contributed by atoms with E-state index in [2.05, 4.69) is 20.6 Å². The molecule has 15 heavy (non-hydrogen) atoms. The highest BCUT2D eigenvalue weighted by Crippen LogP contribution is 2.22. The normalized spacial score (nSPS) is 31.7. The molecule has 4 nitrogen and oxygen atoms in total. The summed E-state index contributed by atoms with van der Waals surface area (Å²) in [6, 6.07) is 0.611. The van der Waals surface area contributed by atoms with Gasteiger partial charge in [0.05, 0.1) is 19.0 Å². The topological polar surface area (TPSA) is 33.6 Å². The predicted octanol–water partition coefficient (Wildman–Crippen LogP) is 0.919. The third-order valence-electron chi connectivity index (χ3n) is 3.29. The van der Waals surface area contributed by atoms with Crippen molar-refractivity contribution in [1.82, 2.24) is 14.5 Å². The summed E-state index contributed by atoms with van der Waals surface area (Å²) in [6.45, 7) is 4.46. The Morgan fingerprint density at radius 2 is 2.40 bits per heavy atom. The molecule has 0 radical (unpaired) electrons. The van der Waals surface area contributed by atoms with Gasteiger partial charge in [0.2, 0.25) is 0 Å². The molecule has 1 aromatic rings. The highest BCUT2D eigenvalue weighted by Gasteiger charge is 2.28. The van der Waals surface area contributed by atoms with Gasteiger partial charge in [0.15, 0.2) is 0 Å². The molecule has 1 aromatic heterocycles. The van der Waals surface area contributed by atoms with E-state index < -0.39 is 0 Å². The largest absolute Gasteiger partial charge is 0.372 e. The maximum absolute atomic E-state index is 5.28. The van der Waals surface area contributed by atoms with Gasteiger partial charge in [-0.05, 0) is 19.4 Å². The van der Waals surface area contributed by atoms with Crippen LogP contribution in [0.15, 0.2) is 18.7 Å². The van der Waals surface area contributed by atoms with Crippen LogP contribution in [0.5, 0.6) is 0 Å². The molecule has 0 bridgehead atoms. The van der Waals surface area contributed by atoms with Crippen LogP contribution in [0, 0.1) is 0 Å². The Bertz CT molecular complexity index is 308. The summed E-state index contributed by atoms with van der Waals surface area (Å²) in [5.41, 5.74) is 0. The molecule has 0 saturated carbocycles. The van der Waals surface area contributed by atoms with Gasteiger partial charge >= 0.3 is 0 Å². The first-order chi connectivity index (χ1) is 7.42. The van der Waals surface area contributed by atoms with Gasteiger partial charge < -0.3 is 9.30 Å². The smallest absolute Gasteiger partial charge is 0.0948 e. The van der Waals surface area contributed by atoms with Crippen LogP contribution in [0.3, 0.4) is 0 Å². The summed E-state index contributed by atoms with van der Waals surface area (Å²) in [7, 11) is 0. The van der Waals surface area contributed by atoms with E-state index in [-0.39, 0.29) is 0 Å². The fraction of sp³-hybridized carbons (Fsp3) is 0.727. The van der Waals surface area contributed by atoms with E-state index in [1.807, 2.05) is 12.5 Å². The van der Waals surface area contributed by atoms with Gasteiger partial charge in [0.1, 0.15) is 0 Å². The zero-order valence-electron chi connectivity index (χ0n) is 8.88. The van der Waals surface area contributed by atoms with E-state index in [0.717, 1.165) is 19.7 Å². The van der Waals surface area contributed by atoms with Gasteiger partial charge in [0.25, 0.3) is 0 Å². The molecule has 0 spiro atoms. The molecule has 3 heterocycles. The molecule has 2 saturated heterocycles. The van der Waals surface area contributed by atoms with Gasteiger partial charge in [-0.25, -0.2) is 4.98 Å². The molecule has 3 rings (SSSR count). The molecular formula is C11H17N3O. The number of likely N-dealkylation sites (tertiary alicyclic amines) is 1. The van der Waals surface area contributed by atoms with Crippen LogP contribution in [0.4, 0.5) is 0 Å². The lowest BCUT2D eigenvalue weighted by atomic mass is 10.1. The number of rotatable bonds is 3. The van der Waals surface area contributed by atoms with Crippen molar-refractivity contribution in [1.29, 1.82) is 0 Å². The molecule has 0 amide bonds. The predicted molar refractivity (Wildman–Crippen MR) is 56.7 cm³/mol. The lowest BCUT2D eigenvalue weighted by molar-refractivity contribution is 0.164. The van der Waals surface area contributed by atoms with Crippen LogP contribution < -0.4 is 0 Å². The standard InChI is InChI=1S/C11H17N3O/c1-2-10(14-5-3-12-9-14)6-13(4-1)7-11-8-15-11/h3,5,9-11H,1-2,4,6-8H2/t10-,11+/m0/s1. The number of piperidine rings is 1. The number of ether oxygens (including phenoxy) is 1. The van der Waals surface area contributed by atoms with Crippen LogP contribution in [0.2, 0.25) is 0 Å². The van der Waals surface area contributed by atoms with Crippen molar-refractivity contribution in [2.75, 3.05) is 26.2 Å². The highest BCUT2D eigenvalue weighted by molar-refractivity contribution is 4.86. The Kier molecular flexibility index (Phi) is 2.46. The second kappa shape index (κ2) is 3.94. The van der Waals surface area contributed by atoms with Crippen LogP contribution >= 0.6 is 0 Å². The molecule has 2 fully saturated rings. The summed E-state index contributed by atoms with van der Waals surface area (Å²) in [4.78, 5) is 6.64. The van der Waals surface area contributed by atoms with Crippen molar-refractivity contribution in [3.05, 3.63) is 18.7 Å². The van der Waals surface area contributed by atoms with Gasteiger partial charge in [-0.1, -0.05) is 0 Å². The molecule has 0 N–H and O–H groups in total. The summed E-state index contributed by atoms with van der Waals surface area (Å²) in [6.07, 6.45) is 8.95. The molecule has 0 unspecified atom stereocenters. The number of hydrogen-bond acceptors (Lipinski definition) is 3. The third-order valence-corrected chi connectivity index (χ3v) is 3.29. The van der Waals surface area contributed by atoms with Gasteiger partial charge in [-0.2, -0.15) is 0 Å². The lowest BCUT2D eigenvalue weighted by Gasteiger charge is -2.32. The monoisotopic (exact) mass is 207 g/mol. The molecule has 2 aliphatic rings. The number of epoxide rings is 1. The Hall–Kier alpha value is -0.870. The Morgan fingerprint density at radius 1 is 1.47 bits per heavy atom. The SMILES string of the molecule is c1cn([C@H]2CCCN(C[C@@H]3CO3)C2)cn1. The summed E-state index contributed by atoms with van der Waals surface area (Å²) < 4.78 is 7.51. The minimum absolute atomic E-state index is 0.520. The van der Waals surface area contributed by atoms with Gasteiger partial charge in [0, 0.05) is 31.5 Å². The summed E-state index contributed by atoms with van der Waals surface area (Å²) in [5, 5.41) is 0. The van der Waals surface area contributed by atoms with Crippen molar-refractivity contribution >= 4 is 0 Å². The molecule has 0 aliphatic carbocycles. The quantitative estimate of drug-likeness (QED) is 0.691. The Balaban J connectivity index is 1.60. The van der Waals surface area contributed by atoms with E-state index in [0.29, 0.717) is 12.1 Å². The molecule has 2 atom stereocenters. The van der Waals surface area contributed by atoms with Crippen molar-refractivity contribution in [2.24, 2.45) is 0 Å². The first-order valence-corrected chi connectivity index (χ1v) is 5.73. The lowest BCUT2D eigenvalue weighted by Crippen LogP contribution is -2.38. The number of hydrogen-bond donors (Lipinski definition) is 0. The Labute approximate surface area is 89.9 Å². The van der Waals surface area contributed by atoms with Crippen LogP contribution in [-0.2, 0) is 4.74 Å². The van der Waals surface area contributed by atoms with Crippen LogP contribution in [0.1, 0.15) is 18.9 Å². The number of aromatic nitrogens is 2. The van der Waals surface area contributed by atoms with E-state index >= 15 is 0 Å². The van der Waals surface area contributed by atoms with Crippen molar-refractivity contribution < 1.29 is 4.74 Å². The maximum Gasteiger partial charge on any atom is 0.0948 e. The first-order valence-electron chi connectivity index (χ1n) is 5.73. The third kappa shape index (κ3) is 2.21. The summed E-state index contributed by atoms with van der Waals surface area (Å²) >= 11 is 0. The van der Waals surface area contributed by atoms with Crippen LogP contribution in [-0.4, -0.2) is 46.8 Å². The maximum atomic E-state index is 5.28. The van der Waals surface area contributed by atoms with Crippen molar-refractivity contribution in [3.8, 4) is 0 Å². The highest BCUT2D eigenvalue weighted by atomic mass is 16.6. The summed E-state index contributed by atoms with van der Waals surface area (Å²) in [5.74, 6) is 0. The zero-order chi connectivity index (χ0) is 10.1. The van der Waals surface area contributed by atoms with E-state index in [4.69, 9.17) is 4.74 Å².